The summed E-state index contributed by atoms with van der Waals surface area (Å²) < 4.78 is 5.27. The first-order chi connectivity index (χ1) is 9.58. The average Bonchev–Trinajstić information content (AvgIpc) is 2.82. The number of rotatable bonds is 5. The first-order valence-electron chi connectivity index (χ1n) is 7.38. The van der Waals surface area contributed by atoms with E-state index in [1.54, 1.807) is 0 Å². The Labute approximate surface area is 119 Å². The molecular formula is C14H24N2O4. The second-order valence-electron chi connectivity index (χ2n) is 5.87. The SMILES string of the molecule is CC1C[C@H](C(=O)NCCN2CCOCC2)[C@H](C(=O)O)C1. The summed E-state index contributed by atoms with van der Waals surface area (Å²) in [4.78, 5) is 25.6. The number of morpholine rings is 1. The fourth-order valence-corrected chi connectivity index (χ4v) is 3.15. The molecule has 1 heterocycles. The lowest BCUT2D eigenvalue weighted by Gasteiger charge is -2.26. The van der Waals surface area contributed by atoms with Gasteiger partial charge in [0.15, 0.2) is 0 Å². The third-order valence-electron chi connectivity index (χ3n) is 4.28. The molecule has 1 saturated heterocycles. The summed E-state index contributed by atoms with van der Waals surface area (Å²) in [5, 5.41) is 12.1. The standard InChI is InChI=1S/C14H24N2O4/c1-10-8-11(12(9-10)14(18)19)13(17)15-2-3-16-4-6-20-7-5-16/h10-12H,2-9H2,1H3,(H,15,17)(H,18,19)/t10?,11-,12+/m0/s1. The van der Waals surface area contributed by atoms with Crippen LogP contribution < -0.4 is 5.32 Å². The number of carboxylic acids is 1. The van der Waals surface area contributed by atoms with Crippen molar-refractivity contribution in [2.45, 2.75) is 19.8 Å². The summed E-state index contributed by atoms with van der Waals surface area (Å²) >= 11 is 0. The molecule has 0 aromatic carbocycles. The maximum atomic E-state index is 12.1. The molecule has 1 saturated carbocycles. The van der Waals surface area contributed by atoms with Crippen LogP contribution in [0.15, 0.2) is 0 Å². The van der Waals surface area contributed by atoms with Crippen molar-refractivity contribution in [1.29, 1.82) is 0 Å². The summed E-state index contributed by atoms with van der Waals surface area (Å²) in [6.45, 7) is 6.68. The van der Waals surface area contributed by atoms with Crippen molar-refractivity contribution in [3.63, 3.8) is 0 Å². The summed E-state index contributed by atoms with van der Waals surface area (Å²) in [5.74, 6) is -1.52. The summed E-state index contributed by atoms with van der Waals surface area (Å²) in [5.41, 5.74) is 0. The van der Waals surface area contributed by atoms with Crippen LogP contribution in [-0.4, -0.2) is 61.3 Å². The van der Waals surface area contributed by atoms with Gasteiger partial charge in [-0.15, -0.1) is 0 Å². The number of ether oxygens (including phenoxy) is 1. The molecule has 2 aliphatic rings. The molecule has 6 nitrogen and oxygen atoms in total. The molecule has 2 N–H and O–H groups in total. The van der Waals surface area contributed by atoms with Crippen LogP contribution in [0.3, 0.4) is 0 Å². The average molecular weight is 284 g/mol. The van der Waals surface area contributed by atoms with Crippen LogP contribution in [0.25, 0.3) is 0 Å². The number of nitrogens with zero attached hydrogens (tertiary/aromatic N) is 1. The smallest absolute Gasteiger partial charge is 0.307 e. The number of carbonyl (C=O) groups excluding carboxylic acids is 1. The van der Waals surface area contributed by atoms with E-state index in [9.17, 15) is 14.7 Å². The Hall–Kier alpha value is -1.14. The molecule has 0 spiro atoms. The normalized spacial score (nSPS) is 31.1. The van der Waals surface area contributed by atoms with Gasteiger partial charge in [-0.2, -0.15) is 0 Å². The van der Waals surface area contributed by atoms with Crippen molar-refractivity contribution in [2.75, 3.05) is 39.4 Å². The lowest BCUT2D eigenvalue weighted by Crippen LogP contribution is -2.43. The van der Waals surface area contributed by atoms with E-state index in [1.807, 2.05) is 6.92 Å². The Kier molecular flexibility index (Phi) is 5.37. The summed E-state index contributed by atoms with van der Waals surface area (Å²) in [7, 11) is 0. The van der Waals surface area contributed by atoms with Crippen LogP contribution in [0, 0.1) is 17.8 Å². The van der Waals surface area contributed by atoms with Gasteiger partial charge in [-0.05, 0) is 18.8 Å². The third kappa shape index (κ3) is 3.93. The highest BCUT2D eigenvalue weighted by Gasteiger charge is 2.40. The van der Waals surface area contributed by atoms with Crippen molar-refractivity contribution >= 4 is 11.9 Å². The van der Waals surface area contributed by atoms with Gasteiger partial charge in [-0.1, -0.05) is 6.92 Å². The molecule has 0 aromatic heterocycles. The number of nitrogens with one attached hydrogen (secondary N) is 1. The maximum absolute atomic E-state index is 12.1. The number of aliphatic carboxylic acids is 1. The molecule has 1 aliphatic heterocycles. The third-order valence-corrected chi connectivity index (χ3v) is 4.28. The van der Waals surface area contributed by atoms with Gasteiger partial charge in [0.1, 0.15) is 0 Å². The molecule has 20 heavy (non-hydrogen) atoms. The van der Waals surface area contributed by atoms with Crippen LogP contribution in [0.1, 0.15) is 19.8 Å². The zero-order valence-corrected chi connectivity index (χ0v) is 12.0. The van der Waals surface area contributed by atoms with Crippen molar-refractivity contribution in [2.24, 2.45) is 17.8 Å². The van der Waals surface area contributed by atoms with Crippen LogP contribution in [-0.2, 0) is 14.3 Å². The first-order valence-corrected chi connectivity index (χ1v) is 7.38. The van der Waals surface area contributed by atoms with Crippen molar-refractivity contribution in [1.82, 2.24) is 10.2 Å². The molecule has 1 aliphatic carbocycles. The second-order valence-corrected chi connectivity index (χ2v) is 5.87. The molecule has 0 aromatic rings. The minimum absolute atomic E-state index is 0.102. The van der Waals surface area contributed by atoms with Gasteiger partial charge >= 0.3 is 5.97 Å². The highest BCUT2D eigenvalue weighted by atomic mass is 16.5. The predicted molar refractivity (Wildman–Crippen MR) is 73.3 cm³/mol. The highest BCUT2D eigenvalue weighted by molar-refractivity contribution is 5.85. The van der Waals surface area contributed by atoms with Gasteiger partial charge in [-0.3, -0.25) is 14.5 Å². The maximum Gasteiger partial charge on any atom is 0.307 e. The minimum atomic E-state index is -0.845. The lowest BCUT2D eigenvalue weighted by atomic mass is 9.95. The zero-order valence-electron chi connectivity index (χ0n) is 12.0. The Bertz CT molecular complexity index is 355. The van der Waals surface area contributed by atoms with Gasteiger partial charge in [-0.25, -0.2) is 0 Å². The van der Waals surface area contributed by atoms with Gasteiger partial charge in [0.25, 0.3) is 0 Å². The van der Waals surface area contributed by atoms with Crippen LogP contribution in [0.5, 0.6) is 0 Å². The number of amides is 1. The van der Waals surface area contributed by atoms with E-state index in [4.69, 9.17) is 4.74 Å². The number of hydrogen-bond donors (Lipinski definition) is 2. The Morgan fingerprint density at radius 1 is 1.25 bits per heavy atom. The van der Waals surface area contributed by atoms with E-state index in [0.717, 1.165) is 32.8 Å². The van der Waals surface area contributed by atoms with E-state index in [0.29, 0.717) is 25.3 Å². The van der Waals surface area contributed by atoms with Gasteiger partial charge in [0, 0.05) is 26.2 Å². The first kappa shape index (κ1) is 15.3. The number of carboxylic acid groups (broad SMARTS) is 1. The molecule has 1 unspecified atom stereocenters. The predicted octanol–water partition coefficient (Wildman–Crippen LogP) is 0.182. The van der Waals surface area contributed by atoms with Crippen LogP contribution in [0.2, 0.25) is 0 Å². The van der Waals surface area contributed by atoms with E-state index >= 15 is 0 Å². The second kappa shape index (κ2) is 7.04. The fourth-order valence-electron chi connectivity index (χ4n) is 3.15. The van der Waals surface area contributed by atoms with E-state index < -0.39 is 11.9 Å². The lowest BCUT2D eigenvalue weighted by molar-refractivity contribution is -0.146. The molecule has 1 amide bonds. The summed E-state index contributed by atoms with van der Waals surface area (Å²) in [6.07, 6.45) is 1.29. The van der Waals surface area contributed by atoms with Crippen molar-refractivity contribution in [3.05, 3.63) is 0 Å². The Balaban J connectivity index is 1.74. The Morgan fingerprint density at radius 3 is 2.55 bits per heavy atom. The topological polar surface area (TPSA) is 78.9 Å². The van der Waals surface area contributed by atoms with Gasteiger partial charge in [0.2, 0.25) is 5.91 Å². The Morgan fingerprint density at radius 2 is 1.90 bits per heavy atom. The summed E-state index contributed by atoms with van der Waals surface area (Å²) in [6, 6.07) is 0. The molecular weight excluding hydrogens is 260 g/mol. The molecule has 2 rings (SSSR count). The number of hydrogen-bond acceptors (Lipinski definition) is 4. The van der Waals surface area contributed by atoms with Crippen molar-refractivity contribution in [3.8, 4) is 0 Å². The van der Waals surface area contributed by atoms with E-state index in [-0.39, 0.29) is 11.8 Å². The van der Waals surface area contributed by atoms with Crippen molar-refractivity contribution < 1.29 is 19.4 Å². The molecule has 114 valence electrons. The highest BCUT2D eigenvalue weighted by Crippen LogP contribution is 2.36. The minimum Gasteiger partial charge on any atom is -0.481 e. The van der Waals surface area contributed by atoms with Crippen LogP contribution >= 0.6 is 0 Å². The fraction of sp³-hybridized carbons (Fsp3) is 0.857. The van der Waals surface area contributed by atoms with Crippen LogP contribution in [0.4, 0.5) is 0 Å². The molecule has 2 fully saturated rings. The van der Waals surface area contributed by atoms with Gasteiger partial charge in [0.05, 0.1) is 25.0 Å². The largest absolute Gasteiger partial charge is 0.481 e. The van der Waals surface area contributed by atoms with E-state index in [2.05, 4.69) is 10.2 Å². The quantitative estimate of drug-likeness (QED) is 0.753. The molecule has 3 atom stereocenters. The molecule has 0 radical (unpaired) electrons. The molecule has 0 bridgehead atoms. The monoisotopic (exact) mass is 284 g/mol. The molecule has 6 heteroatoms. The van der Waals surface area contributed by atoms with Gasteiger partial charge < -0.3 is 15.2 Å². The number of carbonyl (C=O) groups is 2. The zero-order chi connectivity index (χ0) is 14.5. The van der Waals surface area contributed by atoms with E-state index in [1.165, 1.54) is 0 Å².